The Morgan fingerprint density at radius 3 is 2.47 bits per heavy atom. The van der Waals surface area contributed by atoms with E-state index >= 15 is 0 Å². The second kappa shape index (κ2) is 9.81. The van der Waals surface area contributed by atoms with Crippen molar-refractivity contribution in [2.24, 2.45) is 0 Å². The molecule has 1 fully saturated rings. The Bertz CT molecular complexity index is 1580. The Kier molecular flexibility index (Phi) is 6.57. The maximum Gasteiger partial charge on any atom is 0.293 e. The van der Waals surface area contributed by atoms with Crippen LogP contribution in [0.1, 0.15) is 16.7 Å². The van der Waals surface area contributed by atoms with Gasteiger partial charge in [-0.1, -0.05) is 65.7 Å². The third-order valence-corrected chi connectivity index (χ3v) is 7.35. The number of nitro groups is 1. The van der Waals surface area contributed by atoms with Crippen LogP contribution in [0.2, 0.25) is 10.0 Å². The molecule has 0 radical (unpaired) electrons. The summed E-state index contributed by atoms with van der Waals surface area (Å²) in [5.41, 5.74) is 2.76. The summed E-state index contributed by atoms with van der Waals surface area (Å²) in [4.78, 5) is 37.9. The minimum absolute atomic E-state index is 0.135. The SMILES string of the molecule is O=C1S/C(=C\c2cn(Cc3ccc(Cl)cc3Cl)c3ccccc23)C(=O)N1Cc1ccccc1[N+](=O)[O-]. The summed E-state index contributed by atoms with van der Waals surface area (Å²) in [6, 6.07) is 19.2. The highest BCUT2D eigenvalue weighted by Gasteiger charge is 2.36. The molecule has 7 nitrogen and oxygen atoms in total. The number of hydrogen-bond acceptors (Lipinski definition) is 5. The Balaban J connectivity index is 1.47. The lowest BCUT2D eigenvalue weighted by atomic mass is 10.1. The molecule has 1 saturated heterocycles. The van der Waals surface area contributed by atoms with E-state index in [4.69, 9.17) is 23.2 Å². The lowest BCUT2D eigenvalue weighted by Crippen LogP contribution is -2.27. The first-order valence-electron chi connectivity index (χ1n) is 10.8. The molecule has 1 aromatic heterocycles. The first kappa shape index (κ1) is 24.1. The van der Waals surface area contributed by atoms with E-state index in [2.05, 4.69) is 0 Å². The number of carbonyl (C=O) groups is 2. The normalized spacial score (nSPS) is 14.8. The average molecular weight is 538 g/mol. The number of fused-ring (bicyclic) bond motifs is 1. The van der Waals surface area contributed by atoms with Gasteiger partial charge in [0, 0.05) is 50.9 Å². The van der Waals surface area contributed by atoms with Gasteiger partial charge in [0.1, 0.15) is 0 Å². The highest BCUT2D eigenvalue weighted by molar-refractivity contribution is 8.18. The van der Waals surface area contributed by atoms with Crippen LogP contribution in [0.4, 0.5) is 10.5 Å². The van der Waals surface area contributed by atoms with E-state index in [1.54, 1.807) is 36.4 Å². The third-order valence-electron chi connectivity index (χ3n) is 5.85. The molecular formula is C26H17Cl2N3O4S. The molecule has 5 rings (SSSR count). The molecule has 1 aliphatic heterocycles. The number of carbonyl (C=O) groups excluding carboxylic acids is 2. The van der Waals surface area contributed by atoms with Crippen LogP contribution in [0, 0.1) is 10.1 Å². The standard InChI is InChI=1S/C26H17Cl2N3O4S/c27-19-10-9-16(21(28)12-19)13-29-14-18(20-6-2-4-8-23(20)29)11-24-25(32)30(26(33)36-24)15-17-5-1-3-7-22(17)31(34)35/h1-12,14H,13,15H2/b24-11-. The van der Waals surface area contributed by atoms with Crippen LogP contribution >= 0.6 is 35.0 Å². The van der Waals surface area contributed by atoms with Gasteiger partial charge in [0.25, 0.3) is 16.8 Å². The van der Waals surface area contributed by atoms with Crippen molar-refractivity contribution in [1.82, 2.24) is 9.47 Å². The number of benzene rings is 3. The van der Waals surface area contributed by atoms with Crippen LogP contribution in [0.5, 0.6) is 0 Å². The monoisotopic (exact) mass is 537 g/mol. The topological polar surface area (TPSA) is 85.5 Å². The van der Waals surface area contributed by atoms with Crippen LogP contribution in [0.3, 0.4) is 0 Å². The molecule has 180 valence electrons. The van der Waals surface area contributed by atoms with Crippen LogP contribution in [0.25, 0.3) is 17.0 Å². The Morgan fingerprint density at radius 1 is 0.944 bits per heavy atom. The van der Waals surface area contributed by atoms with Crippen molar-refractivity contribution in [2.75, 3.05) is 0 Å². The predicted octanol–water partition coefficient (Wildman–Crippen LogP) is 7.14. The molecule has 2 amide bonds. The van der Waals surface area contributed by atoms with Gasteiger partial charge in [0.05, 0.1) is 16.4 Å². The van der Waals surface area contributed by atoms with Gasteiger partial charge in [0.15, 0.2) is 0 Å². The molecule has 0 saturated carbocycles. The van der Waals surface area contributed by atoms with E-state index in [1.807, 2.05) is 41.1 Å². The number of halogens is 2. The number of nitrogens with zero attached hydrogens (tertiary/aromatic N) is 3. The Labute approximate surface area is 220 Å². The van der Waals surface area contributed by atoms with E-state index < -0.39 is 16.1 Å². The van der Waals surface area contributed by atoms with Crippen molar-refractivity contribution in [2.45, 2.75) is 13.1 Å². The number of nitro benzene ring substituents is 1. The van der Waals surface area contributed by atoms with Gasteiger partial charge in [-0.05, 0) is 41.6 Å². The van der Waals surface area contributed by atoms with Gasteiger partial charge >= 0.3 is 0 Å². The molecule has 1 aliphatic rings. The molecule has 0 aliphatic carbocycles. The highest BCUT2D eigenvalue weighted by atomic mass is 35.5. The van der Waals surface area contributed by atoms with E-state index in [0.29, 0.717) is 22.2 Å². The molecule has 3 aromatic carbocycles. The van der Waals surface area contributed by atoms with Crippen LogP contribution < -0.4 is 0 Å². The number of imide groups is 1. The molecule has 0 unspecified atom stereocenters. The van der Waals surface area contributed by atoms with Crippen molar-refractivity contribution in [3.63, 3.8) is 0 Å². The maximum atomic E-state index is 13.1. The van der Waals surface area contributed by atoms with Crippen molar-refractivity contribution in [3.05, 3.63) is 115 Å². The Morgan fingerprint density at radius 2 is 1.69 bits per heavy atom. The molecule has 0 atom stereocenters. The molecule has 2 heterocycles. The predicted molar refractivity (Wildman–Crippen MR) is 142 cm³/mol. The zero-order valence-electron chi connectivity index (χ0n) is 18.6. The molecule has 0 bridgehead atoms. The number of thioether (sulfide) groups is 1. The second-order valence-corrected chi connectivity index (χ2v) is 9.96. The lowest BCUT2D eigenvalue weighted by Gasteiger charge is -2.12. The second-order valence-electron chi connectivity index (χ2n) is 8.12. The molecule has 0 spiro atoms. The minimum Gasteiger partial charge on any atom is -0.342 e. The summed E-state index contributed by atoms with van der Waals surface area (Å²) in [6.07, 6.45) is 3.60. The lowest BCUT2D eigenvalue weighted by molar-refractivity contribution is -0.385. The summed E-state index contributed by atoms with van der Waals surface area (Å²) in [6.45, 7) is 0.319. The first-order valence-corrected chi connectivity index (χ1v) is 12.4. The molecule has 10 heteroatoms. The molecule has 36 heavy (non-hydrogen) atoms. The minimum atomic E-state index is -0.522. The molecule has 4 aromatic rings. The fourth-order valence-corrected chi connectivity index (χ4v) is 5.42. The zero-order valence-corrected chi connectivity index (χ0v) is 20.9. The smallest absolute Gasteiger partial charge is 0.293 e. The summed E-state index contributed by atoms with van der Waals surface area (Å²) in [5, 5.41) is 12.9. The summed E-state index contributed by atoms with van der Waals surface area (Å²) in [7, 11) is 0. The van der Waals surface area contributed by atoms with E-state index in [1.165, 1.54) is 6.07 Å². The van der Waals surface area contributed by atoms with Crippen LogP contribution in [-0.4, -0.2) is 25.5 Å². The van der Waals surface area contributed by atoms with Gasteiger partial charge in [-0.25, -0.2) is 0 Å². The van der Waals surface area contributed by atoms with Crippen molar-refractivity contribution < 1.29 is 14.5 Å². The van der Waals surface area contributed by atoms with E-state index in [9.17, 15) is 19.7 Å². The summed E-state index contributed by atoms with van der Waals surface area (Å²) in [5.74, 6) is -0.485. The zero-order chi connectivity index (χ0) is 25.4. The van der Waals surface area contributed by atoms with Crippen LogP contribution in [0.15, 0.2) is 77.8 Å². The quantitative estimate of drug-likeness (QED) is 0.148. The maximum absolute atomic E-state index is 13.1. The van der Waals surface area contributed by atoms with Gasteiger partial charge < -0.3 is 4.57 Å². The van der Waals surface area contributed by atoms with E-state index in [-0.39, 0.29) is 17.1 Å². The van der Waals surface area contributed by atoms with Crippen molar-refractivity contribution >= 4 is 68.8 Å². The van der Waals surface area contributed by atoms with Gasteiger partial charge in [-0.3, -0.25) is 24.6 Å². The highest BCUT2D eigenvalue weighted by Crippen LogP contribution is 2.36. The van der Waals surface area contributed by atoms with Gasteiger partial charge in [-0.2, -0.15) is 0 Å². The van der Waals surface area contributed by atoms with Crippen molar-refractivity contribution in [3.8, 4) is 0 Å². The largest absolute Gasteiger partial charge is 0.342 e. The average Bonchev–Trinajstić information content (AvgIpc) is 3.33. The Hall–Kier alpha value is -3.59. The van der Waals surface area contributed by atoms with E-state index in [0.717, 1.165) is 38.7 Å². The summed E-state index contributed by atoms with van der Waals surface area (Å²) < 4.78 is 2.02. The number of amides is 2. The fraction of sp³-hybridized carbons (Fsp3) is 0.0769. The van der Waals surface area contributed by atoms with Gasteiger partial charge in [0.2, 0.25) is 0 Å². The number of hydrogen-bond donors (Lipinski definition) is 0. The van der Waals surface area contributed by atoms with Gasteiger partial charge in [-0.15, -0.1) is 0 Å². The first-order chi connectivity index (χ1) is 17.3. The van der Waals surface area contributed by atoms with Crippen LogP contribution in [-0.2, 0) is 17.9 Å². The number of rotatable bonds is 6. The molecule has 0 N–H and O–H groups in total. The fourth-order valence-electron chi connectivity index (χ4n) is 4.12. The van der Waals surface area contributed by atoms with Crippen molar-refractivity contribution in [1.29, 1.82) is 0 Å². The molecular weight excluding hydrogens is 521 g/mol. The number of para-hydroxylation sites is 2. The summed E-state index contributed by atoms with van der Waals surface area (Å²) >= 11 is 13.2. The number of aromatic nitrogens is 1. The third kappa shape index (κ3) is 4.63.